The first-order valence-corrected chi connectivity index (χ1v) is 6.95. The molecule has 0 bridgehead atoms. The minimum atomic E-state index is 0.551. The molecule has 0 fully saturated rings. The molecule has 0 spiro atoms. The van der Waals surface area contributed by atoms with Crippen molar-refractivity contribution in [1.29, 1.82) is 0 Å². The predicted molar refractivity (Wildman–Crippen MR) is 75.5 cm³/mol. The molecule has 19 heavy (non-hydrogen) atoms. The lowest BCUT2D eigenvalue weighted by molar-refractivity contribution is 0.374. The van der Waals surface area contributed by atoms with Gasteiger partial charge >= 0.3 is 0 Å². The highest BCUT2D eigenvalue weighted by Crippen LogP contribution is 2.17. The highest BCUT2D eigenvalue weighted by Gasteiger charge is 2.08. The second-order valence-corrected chi connectivity index (χ2v) is 4.72. The Balaban J connectivity index is 1.95. The van der Waals surface area contributed by atoms with Gasteiger partial charge in [0.2, 0.25) is 11.7 Å². The number of nitrogens with zero attached hydrogens (tertiary/aromatic N) is 2. The van der Waals surface area contributed by atoms with Crippen LogP contribution in [0.4, 0.5) is 0 Å². The minimum Gasteiger partial charge on any atom is -0.339 e. The summed E-state index contributed by atoms with van der Waals surface area (Å²) in [5, 5.41) is 4.02. The van der Waals surface area contributed by atoms with E-state index in [2.05, 4.69) is 17.1 Å². The highest BCUT2D eigenvalue weighted by molar-refractivity contribution is 5.54. The average molecular weight is 259 g/mol. The first kappa shape index (κ1) is 13.7. The van der Waals surface area contributed by atoms with Crippen LogP contribution in [0.1, 0.15) is 44.1 Å². The summed E-state index contributed by atoms with van der Waals surface area (Å²) in [6.07, 6.45) is 5.71. The molecule has 0 aliphatic carbocycles. The molecule has 0 atom stereocenters. The van der Waals surface area contributed by atoms with Crippen LogP contribution < -0.4 is 5.73 Å². The third-order valence-corrected chi connectivity index (χ3v) is 3.16. The van der Waals surface area contributed by atoms with E-state index in [1.807, 2.05) is 24.3 Å². The molecular weight excluding hydrogens is 238 g/mol. The van der Waals surface area contributed by atoms with Gasteiger partial charge in [0.15, 0.2) is 0 Å². The molecule has 1 heterocycles. The maximum atomic E-state index is 5.57. The molecule has 0 saturated heterocycles. The Morgan fingerprint density at radius 1 is 1.11 bits per heavy atom. The van der Waals surface area contributed by atoms with Crippen LogP contribution in [0.15, 0.2) is 28.8 Å². The van der Waals surface area contributed by atoms with E-state index in [1.165, 1.54) is 19.3 Å². The van der Waals surface area contributed by atoms with Crippen LogP contribution >= 0.6 is 0 Å². The summed E-state index contributed by atoms with van der Waals surface area (Å²) in [5.41, 5.74) is 7.65. The molecule has 0 saturated carbocycles. The van der Waals surface area contributed by atoms with Gasteiger partial charge in [-0.1, -0.05) is 55.6 Å². The molecule has 4 nitrogen and oxygen atoms in total. The normalized spacial score (nSPS) is 10.8. The van der Waals surface area contributed by atoms with E-state index in [1.54, 1.807) is 0 Å². The highest BCUT2D eigenvalue weighted by atomic mass is 16.5. The fourth-order valence-corrected chi connectivity index (χ4v) is 1.97. The van der Waals surface area contributed by atoms with Gasteiger partial charge in [0.1, 0.15) is 0 Å². The Kier molecular flexibility index (Phi) is 5.10. The van der Waals surface area contributed by atoms with Gasteiger partial charge in [-0.05, 0) is 12.0 Å². The van der Waals surface area contributed by atoms with Crippen molar-refractivity contribution in [3.8, 4) is 11.4 Å². The maximum Gasteiger partial charge on any atom is 0.226 e. The smallest absolute Gasteiger partial charge is 0.226 e. The number of nitrogens with two attached hydrogens (primary N) is 1. The van der Waals surface area contributed by atoms with Gasteiger partial charge in [-0.15, -0.1) is 0 Å². The van der Waals surface area contributed by atoms with E-state index in [9.17, 15) is 0 Å². The summed E-state index contributed by atoms with van der Waals surface area (Å²) in [5.74, 6) is 1.39. The van der Waals surface area contributed by atoms with Crippen molar-refractivity contribution in [3.63, 3.8) is 0 Å². The summed E-state index contributed by atoms with van der Waals surface area (Å²) in [4.78, 5) is 4.42. The monoisotopic (exact) mass is 259 g/mol. The SMILES string of the molecule is CCCCCCc1nc(-c2ccc(CN)cc2)no1. The Labute approximate surface area is 114 Å². The fraction of sp³-hybridized carbons (Fsp3) is 0.467. The van der Waals surface area contributed by atoms with E-state index in [-0.39, 0.29) is 0 Å². The predicted octanol–water partition coefficient (Wildman–Crippen LogP) is 3.32. The van der Waals surface area contributed by atoms with Gasteiger partial charge in [-0.3, -0.25) is 0 Å². The summed E-state index contributed by atoms with van der Waals surface area (Å²) >= 11 is 0. The van der Waals surface area contributed by atoms with E-state index >= 15 is 0 Å². The number of benzene rings is 1. The van der Waals surface area contributed by atoms with Gasteiger partial charge in [0.25, 0.3) is 0 Å². The zero-order chi connectivity index (χ0) is 13.5. The van der Waals surface area contributed by atoms with Crippen LogP contribution in [-0.4, -0.2) is 10.1 Å². The lowest BCUT2D eigenvalue weighted by Crippen LogP contribution is -1.95. The molecule has 1 aromatic heterocycles. The zero-order valence-electron chi connectivity index (χ0n) is 11.4. The Morgan fingerprint density at radius 3 is 2.58 bits per heavy atom. The van der Waals surface area contributed by atoms with Crippen molar-refractivity contribution in [2.24, 2.45) is 5.73 Å². The number of hydrogen-bond acceptors (Lipinski definition) is 4. The number of unbranched alkanes of at least 4 members (excludes halogenated alkanes) is 3. The van der Waals surface area contributed by atoms with Gasteiger partial charge in [0, 0.05) is 18.5 Å². The second kappa shape index (κ2) is 7.04. The molecular formula is C15H21N3O. The average Bonchev–Trinajstić information content (AvgIpc) is 2.92. The van der Waals surface area contributed by atoms with Crippen LogP contribution in [0.25, 0.3) is 11.4 Å². The van der Waals surface area contributed by atoms with Crippen molar-refractivity contribution >= 4 is 0 Å². The van der Waals surface area contributed by atoms with Crippen molar-refractivity contribution in [2.75, 3.05) is 0 Å². The van der Waals surface area contributed by atoms with E-state index in [4.69, 9.17) is 10.3 Å². The Morgan fingerprint density at radius 2 is 1.89 bits per heavy atom. The minimum absolute atomic E-state index is 0.551. The van der Waals surface area contributed by atoms with Crippen molar-refractivity contribution in [2.45, 2.75) is 45.6 Å². The largest absolute Gasteiger partial charge is 0.339 e. The molecule has 102 valence electrons. The molecule has 0 radical (unpaired) electrons. The molecule has 1 aromatic carbocycles. The summed E-state index contributed by atoms with van der Waals surface area (Å²) in [7, 11) is 0. The quantitative estimate of drug-likeness (QED) is 0.775. The van der Waals surface area contributed by atoms with Crippen LogP contribution in [0, 0.1) is 0 Å². The third-order valence-electron chi connectivity index (χ3n) is 3.16. The second-order valence-electron chi connectivity index (χ2n) is 4.72. The molecule has 0 unspecified atom stereocenters. The van der Waals surface area contributed by atoms with Crippen LogP contribution in [0.3, 0.4) is 0 Å². The summed E-state index contributed by atoms with van der Waals surface area (Å²) in [6, 6.07) is 7.95. The van der Waals surface area contributed by atoms with Crippen LogP contribution in [-0.2, 0) is 13.0 Å². The molecule has 2 rings (SSSR count). The lowest BCUT2D eigenvalue weighted by atomic mass is 10.1. The molecule has 4 heteroatoms. The van der Waals surface area contributed by atoms with E-state index in [0.717, 1.165) is 29.9 Å². The standard InChI is InChI=1S/C15H21N3O/c1-2-3-4-5-6-14-17-15(18-19-14)13-9-7-12(11-16)8-10-13/h7-10H,2-6,11,16H2,1H3. The molecule has 2 aromatic rings. The molecule has 0 amide bonds. The van der Waals surface area contributed by atoms with E-state index in [0.29, 0.717) is 12.4 Å². The first-order valence-electron chi connectivity index (χ1n) is 6.95. The third kappa shape index (κ3) is 3.89. The zero-order valence-corrected chi connectivity index (χ0v) is 11.4. The first-order chi connectivity index (χ1) is 9.33. The van der Waals surface area contributed by atoms with Crippen molar-refractivity contribution < 1.29 is 4.52 Å². The van der Waals surface area contributed by atoms with Gasteiger partial charge in [-0.25, -0.2) is 0 Å². The topological polar surface area (TPSA) is 64.9 Å². The lowest BCUT2D eigenvalue weighted by Gasteiger charge is -1.97. The maximum absolute atomic E-state index is 5.57. The summed E-state index contributed by atoms with van der Waals surface area (Å²) < 4.78 is 5.27. The van der Waals surface area contributed by atoms with Gasteiger partial charge in [0.05, 0.1) is 0 Å². The number of hydrogen-bond donors (Lipinski definition) is 1. The summed E-state index contributed by atoms with van der Waals surface area (Å²) in [6.45, 7) is 2.75. The number of aryl methyl sites for hydroxylation is 1. The van der Waals surface area contributed by atoms with Crippen LogP contribution in [0.2, 0.25) is 0 Å². The Bertz CT molecular complexity index is 490. The van der Waals surface area contributed by atoms with Crippen molar-refractivity contribution in [3.05, 3.63) is 35.7 Å². The van der Waals surface area contributed by atoms with Crippen LogP contribution in [0.5, 0.6) is 0 Å². The van der Waals surface area contributed by atoms with Gasteiger partial charge < -0.3 is 10.3 Å². The molecule has 0 aliphatic rings. The molecule has 2 N–H and O–H groups in total. The van der Waals surface area contributed by atoms with Crippen molar-refractivity contribution in [1.82, 2.24) is 10.1 Å². The molecule has 0 aliphatic heterocycles. The number of rotatable bonds is 7. The Hall–Kier alpha value is -1.68. The van der Waals surface area contributed by atoms with Gasteiger partial charge in [-0.2, -0.15) is 4.98 Å². The van der Waals surface area contributed by atoms with E-state index < -0.39 is 0 Å². The fourth-order valence-electron chi connectivity index (χ4n) is 1.97. The number of aromatic nitrogens is 2.